The molecule has 0 spiro atoms. The largest absolute Gasteiger partial charge is 0.476 e. The van der Waals surface area contributed by atoms with Crippen LogP contribution in [0.3, 0.4) is 0 Å². The van der Waals surface area contributed by atoms with E-state index in [0.717, 1.165) is 6.42 Å². The zero-order valence-corrected chi connectivity index (χ0v) is 7.07. The number of carboxylic acids is 1. The first kappa shape index (κ1) is 8.77. The van der Waals surface area contributed by atoms with Crippen molar-refractivity contribution in [2.24, 2.45) is 5.92 Å². The highest BCUT2D eigenvalue weighted by atomic mass is 16.5. The van der Waals surface area contributed by atoms with Crippen molar-refractivity contribution in [2.75, 3.05) is 0 Å². The molecule has 0 radical (unpaired) electrons. The minimum absolute atomic E-state index is 0.0225. The van der Waals surface area contributed by atoms with Crippen molar-refractivity contribution in [1.82, 2.24) is 5.16 Å². The molecule has 0 amide bonds. The van der Waals surface area contributed by atoms with Gasteiger partial charge in [-0.1, -0.05) is 19.0 Å². The normalized spacial score (nSPS) is 10.6. The van der Waals surface area contributed by atoms with Crippen molar-refractivity contribution in [3.63, 3.8) is 0 Å². The summed E-state index contributed by atoms with van der Waals surface area (Å²) in [6.07, 6.45) is 0.722. The molecule has 0 unspecified atom stereocenters. The minimum Gasteiger partial charge on any atom is -0.476 e. The van der Waals surface area contributed by atoms with E-state index < -0.39 is 5.97 Å². The van der Waals surface area contributed by atoms with Crippen LogP contribution in [0, 0.1) is 5.92 Å². The fraction of sp³-hybridized carbons (Fsp3) is 0.500. The predicted molar refractivity (Wildman–Crippen MR) is 42.0 cm³/mol. The molecule has 1 aromatic rings. The SMILES string of the molecule is CC(C)Cc1cc(C(=O)O)no1. The first-order valence-electron chi connectivity index (χ1n) is 3.78. The summed E-state index contributed by atoms with van der Waals surface area (Å²) < 4.78 is 4.81. The third kappa shape index (κ3) is 2.08. The van der Waals surface area contributed by atoms with E-state index in [2.05, 4.69) is 5.16 Å². The second kappa shape index (κ2) is 3.38. The van der Waals surface area contributed by atoms with Crippen molar-refractivity contribution >= 4 is 5.97 Å². The van der Waals surface area contributed by atoms with Crippen LogP contribution in [-0.4, -0.2) is 16.2 Å². The third-order valence-electron chi connectivity index (χ3n) is 1.39. The Labute approximate surface area is 70.2 Å². The fourth-order valence-electron chi connectivity index (χ4n) is 0.912. The molecule has 0 saturated carbocycles. The van der Waals surface area contributed by atoms with Crippen molar-refractivity contribution < 1.29 is 14.4 Å². The summed E-state index contributed by atoms with van der Waals surface area (Å²) in [7, 11) is 0. The van der Waals surface area contributed by atoms with Crippen LogP contribution in [0.4, 0.5) is 0 Å². The standard InChI is InChI=1S/C8H11NO3/c1-5(2)3-6-4-7(8(10)11)9-12-6/h4-5H,3H2,1-2H3,(H,10,11). The highest BCUT2D eigenvalue weighted by Crippen LogP contribution is 2.09. The summed E-state index contributed by atoms with van der Waals surface area (Å²) in [6.45, 7) is 4.06. The van der Waals surface area contributed by atoms with Gasteiger partial charge in [-0.3, -0.25) is 0 Å². The number of hydrogen-bond acceptors (Lipinski definition) is 3. The molecule has 1 heterocycles. The van der Waals surface area contributed by atoms with E-state index in [1.54, 1.807) is 0 Å². The summed E-state index contributed by atoms with van der Waals surface area (Å²) in [6, 6.07) is 1.46. The van der Waals surface area contributed by atoms with Crippen LogP contribution in [-0.2, 0) is 6.42 Å². The van der Waals surface area contributed by atoms with Crippen LogP contribution in [0.15, 0.2) is 10.6 Å². The van der Waals surface area contributed by atoms with Crippen LogP contribution in [0.2, 0.25) is 0 Å². The van der Waals surface area contributed by atoms with Gasteiger partial charge in [0.05, 0.1) is 0 Å². The minimum atomic E-state index is -1.05. The van der Waals surface area contributed by atoms with Gasteiger partial charge in [0.15, 0.2) is 5.69 Å². The molecule has 1 N–H and O–H groups in total. The Morgan fingerprint density at radius 1 is 1.75 bits per heavy atom. The average molecular weight is 169 g/mol. The molecule has 4 heteroatoms. The lowest BCUT2D eigenvalue weighted by Crippen LogP contribution is -1.95. The Balaban J connectivity index is 2.71. The van der Waals surface area contributed by atoms with E-state index in [0.29, 0.717) is 11.7 Å². The van der Waals surface area contributed by atoms with Crippen LogP contribution >= 0.6 is 0 Å². The van der Waals surface area contributed by atoms with Gasteiger partial charge in [0, 0.05) is 12.5 Å². The van der Waals surface area contributed by atoms with Gasteiger partial charge in [0.25, 0.3) is 0 Å². The first-order valence-corrected chi connectivity index (χ1v) is 3.78. The molecule has 1 rings (SSSR count). The Hall–Kier alpha value is -1.32. The van der Waals surface area contributed by atoms with E-state index in [9.17, 15) is 4.79 Å². The molecule has 0 atom stereocenters. The van der Waals surface area contributed by atoms with Gasteiger partial charge >= 0.3 is 5.97 Å². The number of carboxylic acid groups (broad SMARTS) is 1. The van der Waals surface area contributed by atoms with E-state index >= 15 is 0 Å². The van der Waals surface area contributed by atoms with Gasteiger partial charge in [-0.05, 0) is 5.92 Å². The second-order valence-electron chi connectivity index (χ2n) is 3.08. The van der Waals surface area contributed by atoms with E-state index in [-0.39, 0.29) is 5.69 Å². The molecule has 0 aliphatic heterocycles. The molecule has 0 aromatic carbocycles. The molecule has 0 bridgehead atoms. The Bertz CT molecular complexity index is 278. The number of aromatic nitrogens is 1. The molecular formula is C8H11NO3. The van der Waals surface area contributed by atoms with Crippen molar-refractivity contribution in [3.05, 3.63) is 17.5 Å². The summed E-state index contributed by atoms with van der Waals surface area (Å²) in [5, 5.41) is 11.9. The lowest BCUT2D eigenvalue weighted by Gasteiger charge is -1.96. The van der Waals surface area contributed by atoms with E-state index in [4.69, 9.17) is 9.63 Å². The maximum Gasteiger partial charge on any atom is 0.358 e. The summed E-state index contributed by atoms with van der Waals surface area (Å²) in [5.41, 5.74) is -0.0225. The average Bonchev–Trinajstić information content (AvgIpc) is 2.34. The van der Waals surface area contributed by atoms with Gasteiger partial charge in [-0.15, -0.1) is 0 Å². The summed E-state index contributed by atoms with van der Waals surface area (Å²) >= 11 is 0. The Morgan fingerprint density at radius 3 is 2.83 bits per heavy atom. The van der Waals surface area contributed by atoms with Gasteiger partial charge in [-0.25, -0.2) is 4.79 Å². The van der Waals surface area contributed by atoms with Crippen LogP contribution in [0.5, 0.6) is 0 Å². The van der Waals surface area contributed by atoms with Crippen molar-refractivity contribution in [1.29, 1.82) is 0 Å². The van der Waals surface area contributed by atoms with Crippen molar-refractivity contribution in [3.8, 4) is 0 Å². The lowest BCUT2D eigenvalue weighted by molar-refractivity contribution is 0.0685. The highest BCUT2D eigenvalue weighted by Gasteiger charge is 2.10. The van der Waals surface area contributed by atoms with Crippen molar-refractivity contribution in [2.45, 2.75) is 20.3 Å². The maximum absolute atomic E-state index is 10.4. The predicted octanol–water partition coefficient (Wildman–Crippen LogP) is 1.57. The molecule has 4 nitrogen and oxygen atoms in total. The zero-order valence-electron chi connectivity index (χ0n) is 7.07. The molecule has 12 heavy (non-hydrogen) atoms. The smallest absolute Gasteiger partial charge is 0.358 e. The molecule has 66 valence electrons. The zero-order chi connectivity index (χ0) is 9.14. The Kier molecular flexibility index (Phi) is 2.47. The molecule has 0 aliphatic rings. The number of rotatable bonds is 3. The summed E-state index contributed by atoms with van der Waals surface area (Å²) in [4.78, 5) is 10.4. The number of aromatic carboxylic acids is 1. The molecule has 0 aliphatic carbocycles. The van der Waals surface area contributed by atoms with Gasteiger partial charge in [0.1, 0.15) is 5.76 Å². The highest BCUT2D eigenvalue weighted by molar-refractivity contribution is 5.85. The monoisotopic (exact) mass is 169 g/mol. The van der Waals surface area contributed by atoms with Crippen LogP contribution < -0.4 is 0 Å². The van der Waals surface area contributed by atoms with Gasteiger partial charge in [0.2, 0.25) is 0 Å². The Morgan fingerprint density at radius 2 is 2.42 bits per heavy atom. The summed E-state index contributed by atoms with van der Waals surface area (Å²) in [5.74, 6) is 0.0238. The van der Waals surface area contributed by atoms with E-state index in [1.807, 2.05) is 13.8 Å². The van der Waals surface area contributed by atoms with Crippen LogP contribution in [0.25, 0.3) is 0 Å². The number of hydrogen-bond donors (Lipinski definition) is 1. The number of nitrogens with zero attached hydrogens (tertiary/aromatic N) is 1. The van der Waals surface area contributed by atoms with Gasteiger partial charge < -0.3 is 9.63 Å². The second-order valence-corrected chi connectivity index (χ2v) is 3.08. The topological polar surface area (TPSA) is 63.3 Å². The molecule has 0 fully saturated rings. The van der Waals surface area contributed by atoms with Gasteiger partial charge in [-0.2, -0.15) is 0 Å². The lowest BCUT2D eigenvalue weighted by atomic mass is 10.1. The first-order chi connectivity index (χ1) is 5.59. The molecule has 1 aromatic heterocycles. The maximum atomic E-state index is 10.4. The fourth-order valence-corrected chi connectivity index (χ4v) is 0.912. The molecule has 0 saturated heterocycles. The van der Waals surface area contributed by atoms with E-state index in [1.165, 1.54) is 6.07 Å². The quantitative estimate of drug-likeness (QED) is 0.745. The van der Waals surface area contributed by atoms with Crippen LogP contribution in [0.1, 0.15) is 30.1 Å². The third-order valence-corrected chi connectivity index (χ3v) is 1.39. The molecular weight excluding hydrogens is 158 g/mol. The number of carbonyl (C=O) groups is 1.